The summed E-state index contributed by atoms with van der Waals surface area (Å²) in [6.45, 7) is 1.14. The molecule has 1 aliphatic rings. The Hall–Kier alpha value is -2.09. The molecule has 1 unspecified atom stereocenters. The molecular formula is C13H20N4O4. The molecule has 0 aliphatic carbocycles. The monoisotopic (exact) mass is 296 g/mol. The first-order chi connectivity index (χ1) is 10.1. The van der Waals surface area contributed by atoms with Gasteiger partial charge in [0.05, 0.1) is 12.4 Å². The topological polar surface area (TPSA) is 108 Å². The maximum absolute atomic E-state index is 12.1. The van der Waals surface area contributed by atoms with Crippen molar-refractivity contribution in [3.05, 3.63) is 18.2 Å². The molecule has 116 valence electrons. The third kappa shape index (κ3) is 4.19. The summed E-state index contributed by atoms with van der Waals surface area (Å²) >= 11 is 0. The summed E-state index contributed by atoms with van der Waals surface area (Å²) in [6.07, 6.45) is 4.91. The summed E-state index contributed by atoms with van der Waals surface area (Å²) in [5, 5.41) is 11.8. The molecule has 0 bridgehead atoms. The highest BCUT2D eigenvalue weighted by molar-refractivity contribution is 5.82. The van der Waals surface area contributed by atoms with Gasteiger partial charge in [-0.05, 0) is 12.8 Å². The number of amides is 2. The van der Waals surface area contributed by atoms with Crippen molar-refractivity contribution in [3.63, 3.8) is 0 Å². The van der Waals surface area contributed by atoms with E-state index in [0.29, 0.717) is 18.8 Å². The van der Waals surface area contributed by atoms with Crippen molar-refractivity contribution in [2.75, 3.05) is 20.2 Å². The number of urea groups is 1. The van der Waals surface area contributed by atoms with Crippen LogP contribution < -0.4 is 5.32 Å². The van der Waals surface area contributed by atoms with Crippen LogP contribution in [0, 0.1) is 0 Å². The second kappa shape index (κ2) is 7.07. The minimum Gasteiger partial charge on any atom is -0.480 e. The first-order valence-electron chi connectivity index (χ1n) is 6.88. The van der Waals surface area contributed by atoms with E-state index in [1.54, 1.807) is 18.2 Å². The number of likely N-dealkylation sites (tertiary alicyclic amines) is 1. The number of carbonyl (C=O) groups excluding carboxylic acids is 1. The number of methoxy groups -OCH3 is 1. The molecule has 0 spiro atoms. The second-order valence-electron chi connectivity index (χ2n) is 5.04. The standard InChI is InChI=1S/C13H20N4O4/c1-21-10-2-4-17(5-3-10)13(20)16-11(12(18)19)6-9-7-14-8-15-9/h7-8,10-11H,2-6H2,1H3,(H,14,15)(H,16,20)(H,18,19). The fourth-order valence-electron chi connectivity index (χ4n) is 2.35. The highest BCUT2D eigenvalue weighted by Crippen LogP contribution is 2.13. The minimum atomic E-state index is -1.07. The molecule has 1 atom stereocenters. The lowest BCUT2D eigenvalue weighted by atomic mass is 10.1. The summed E-state index contributed by atoms with van der Waals surface area (Å²) in [7, 11) is 1.66. The van der Waals surface area contributed by atoms with Crippen LogP contribution in [0.4, 0.5) is 4.79 Å². The van der Waals surface area contributed by atoms with Crippen LogP contribution in [0.1, 0.15) is 18.5 Å². The maximum atomic E-state index is 12.1. The fourth-order valence-corrected chi connectivity index (χ4v) is 2.35. The number of carboxylic acids is 1. The van der Waals surface area contributed by atoms with Gasteiger partial charge in [0.2, 0.25) is 0 Å². The molecule has 0 radical (unpaired) electrons. The number of imidazole rings is 1. The summed E-state index contributed by atoms with van der Waals surface area (Å²) in [6, 6.07) is -1.32. The second-order valence-corrected chi connectivity index (χ2v) is 5.04. The molecular weight excluding hydrogens is 276 g/mol. The van der Waals surface area contributed by atoms with Crippen LogP contribution in [0.5, 0.6) is 0 Å². The number of nitrogens with zero attached hydrogens (tertiary/aromatic N) is 2. The number of piperidine rings is 1. The third-order valence-corrected chi connectivity index (χ3v) is 3.64. The van der Waals surface area contributed by atoms with Crippen molar-refractivity contribution in [1.82, 2.24) is 20.2 Å². The average Bonchev–Trinajstić information content (AvgIpc) is 2.99. The van der Waals surface area contributed by atoms with E-state index in [4.69, 9.17) is 4.74 Å². The van der Waals surface area contributed by atoms with Gasteiger partial charge in [0.25, 0.3) is 0 Å². The molecule has 1 aromatic heterocycles. The predicted octanol–water partition coefficient (Wildman–Crippen LogP) is 0.226. The molecule has 1 fully saturated rings. The van der Waals surface area contributed by atoms with Gasteiger partial charge in [-0.25, -0.2) is 14.6 Å². The number of aliphatic carboxylic acids is 1. The van der Waals surface area contributed by atoms with E-state index >= 15 is 0 Å². The Labute approximate surface area is 122 Å². The number of carboxylic acid groups (broad SMARTS) is 1. The van der Waals surface area contributed by atoms with Gasteiger partial charge in [0.1, 0.15) is 6.04 Å². The maximum Gasteiger partial charge on any atom is 0.326 e. The van der Waals surface area contributed by atoms with E-state index in [1.165, 1.54) is 6.33 Å². The molecule has 1 aromatic rings. The number of rotatable bonds is 5. The smallest absolute Gasteiger partial charge is 0.326 e. The predicted molar refractivity (Wildman–Crippen MR) is 73.9 cm³/mol. The van der Waals surface area contributed by atoms with E-state index in [1.807, 2.05) is 0 Å². The number of aromatic amines is 1. The molecule has 2 rings (SSSR count). The van der Waals surface area contributed by atoms with Crippen molar-refractivity contribution >= 4 is 12.0 Å². The van der Waals surface area contributed by atoms with E-state index in [-0.39, 0.29) is 18.6 Å². The zero-order valence-electron chi connectivity index (χ0n) is 11.9. The zero-order chi connectivity index (χ0) is 15.2. The molecule has 3 N–H and O–H groups in total. The van der Waals surface area contributed by atoms with Gasteiger partial charge in [-0.15, -0.1) is 0 Å². The lowest BCUT2D eigenvalue weighted by Crippen LogP contribution is -2.51. The minimum absolute atomic E-state index is 0.175. The van der Waals surface area contributed by atoms with Crippen molar-refractivity contribution < 1.29 is 19.4 Å². The van der Waals surface area contributed by atoms with Crippen LogP contribution in [-0.2, 0) is 16.0 Å². The fraction of sp³-hybridized carbons (Fsp3) is 0.615. The van der Waals surface area contributed by atoms with E-state index in [9.17, 15) is 14.7 Å². The molecule has 21 heavy (non-hydrogen) atoms. The van der Waals surface area contributed by atoms with Gasteiger partial charge < -0.3 is 25.0 Å². The van der Waals surface area contributed by atoms with Gasteiger partial charge in [-0.2, -0.15) is 0 Å². The number of carbonyl (C=O) groups is 2. The Bertz CT molecular complexity index is 469. The van der Waals surface area contributed by atoms with Crippen molar-refractivity contribution in [3.8, 4) is 0 Å². The number of hydrogen-bond donors (Lipinski definition) is 3. The molecule has 0 saturated carbocycles. The quantitative estimate of drug-likeness (QED) is 0.720. The molecule has 8 nitrogen and oxygen atoms in total. The van der Waals surface area contributed by atoms with Gasteiger partial charge in [0.15, 0.2) is 0 Å². The SMILES string of the molecule is COC1CCN(C(=O)NC(Cc2cnc[nH]2)C(=O)O)CC1. The van der Waals surface area contributed by atoms with Crippen LogP contribution in [0.15, 0.2) is 12.5 Å². The Kier molecular flexibility index (Phi) is 5.15. The van der Waals surface area contributed by atoms with Gasteiger partial charge in [0, 0.05) is 38.5 Å². The largest absolute Gasteiger partial charge is 0.480 e. The lowest BCUT2D eigenvalue weighted by molar-refractivity contribution is -0.139. The number of hydrogen-bond acceptors (Lipinski definition) is 4. The number of aromatic nitrogens is 2. The molecule has 2 amide bonds. The average molecular weight is 296 g/mol. The Morgan fingerprint density at radius 1 is 1.57 bits per heavy atom. The number of nitrogens with one attached hydrogen (secondary N) is 2. The first kappa shape index (κ1) is 15.3. The Balaban J connectivity index is 1.88. The van der Waals surface area contributed by atoms with Gasteiger partial charge >= 0.3 is 12.0 Å². The molecule has 1 aliphatic heterocycles. The lowest BCUT2D eigenvalue weighted by Gasteiger charge is -2.32. The summed E-state index contributed by atoms with van der Waals surface area (Å²) in [5.74, 6) is -1.07. The van der Waals surface area contributed by atoms with Crippen LogP contribution >= 0.6 is 0 Å². The Morgan fingerprint density at radius 2 is 2.29 bits per heavy atom. The van der Waals surface area contributed by atoms with Crippen molar-refractivity contribution in [2.45, 2.75) is 31.4 Å². The zero-order valence-corrected chi connectivity index (χ0v) is 11.9. The normalized spacial score (nSPS) is 17.5. The summed E-state index contributed by atoms with van der Waals surface area (Å²) in [4.78, 5) is 31.7. The molecule has 1 saturated heterocycles. The van der Waals surface area contributed by atoms with Crippen LogP contribution in [0.3, 0.4) is 0 Å². The van der Waals surface area contributed by atoms with E-state index in [0.717, 1.165) is 12.8 Å². The van der Waals surface area contributed by atoms with Crippen LogP contribution in [0.25, 0.3) is 0 Å². The summed E-state index contributed by atoms with van der Waals surface area (Å²) < 4.78 is 5.25. The van der Waals surface area contributed by atoms with Gasteiger partial charge in [-0.3, -0.25) is 0 Å². The van der Waals surface area contributed by atoms with E-state index in [2.05, 4.69) is 15.3 Å². The number of ether oxygens (including phenoxy) is 1. The summed E-state index contributed by atoms with van der Waals surface area (Å²) in [5.41, 5.74) is 0.667. The van der Waals surface area contributed by atoms with E-state index < -0.39 is 12.0 Å². The third-order valence-electron chi connectivity index (χ3n) is 3.64. The van der Waals surface area contributed by atoms with Crippen molar-refractivity contribution in [1.29, 1.82) is 0 Å². The van der Waals surface area contributed by atoms with Crippen molar-refractivity contribution in [2.24, 2.45) is 0 Å². The number of H-pyrrole nitrogens is 1. The first-order valence-corrected chi connectivity index (χ1v) is 6.88. The van der Waals surface area contributed by atoms with Crippen LogP contribution in [0.2, 0.25) is 0 Å². The molecule has 8 heteroatoms. The van der Waals surface area contributed by atoms with Gasteiger partial charge in [-0.1, -0.05) is 0 Å². The molecule has 2 heterocycles. The highest BCUT2D eigenvalue weighted by Gasteiger charge is 2.27. The molecule has 0 aromatic carbocycles. The Morgan fingerprint density at radius 3 is 2.81 bits per heavy atom. The highest BCUT2D eigenvalue weighted by atomic mass is 16.5. The van der Waals surface area contributed by atoms with Crippen LogP contribution in [-0.4, -0.2) is 64.3 Å².